The summed E-state index contributed by atoms with van der Waals surface area (Å²) >= 11 is 0. The van der Waals surface area contributed by atoms with E-state index in [0.29, 0.717) is 5.92 Å². The molecule has 0 rings (SSSR count). The molecule has 0 radical (unpaired) electrons. The first-order valence-corrected chi connectivity index (χ1v) is 6.67. The van der Waals surface area contributed by atoms with Gasteiger partial charge >= 0.3 is 0 Å². The predicted octanol–water partition coefficient (Wildman–Crippen LogP) is 5.80. The van der Waals surface area contributed by atoms with E-state index in [0.717, 1.165) is 17.7 Å². The Labute approximate surface area is 109 Å². The lowest BCUT2D eigenvalue weighted by atomic mass is 10.1. The Bertz CT molecular complexity index is 232. The molecule has 0 unspecified atom stereocenters. The molecule has 0 heterocycles. The summed E-state index contributed by atoms with van der Waals surface area (Å²) < 4.78 is 0. The average molecular weight is 237 g/mol. The number of hydrogen-bond donors (Lipinski definition) is 0. The summed E-state index contributed by atoms with van der Waals surface area (Å²) in [6.45, 7) is 21.7. The van der Waals surface area contributed by atoms with E-state index in [1.165, 1.54) is 0 Å². The Hall–Kier alpha value is -1.11. The highest BCUT2D eigenvalue weighted by atomic mass is 14.7. The van der Waals surface area contributed by atoms with Crippen LogP contribution in [0.15, 0.2) is 42.1 Å². The summed E-state index contributed by atoms with van der Waals surface area (Å²) in [5, 5.41) is 0. The van der Waals surface area contributed by atoms with Crippen molar-refractivity contribution in [3.63, 3.8) is 0 Å². The minimum absolute atomic E-state index is 0.427. The van der Waals surface area contributed by atoms with Crippen molar-refractivity contribution < 1.29 is 0 Å². The van der Waals surface area contributed by atoms with Gasteiger partial charge in [0, 0.05) is 11.9 Å². The minimum atomic E-state index is 0.427. The molecule has 0 bridgehead atoms. The molecule has 0 aromatic rings. The third-order valence-electron chi connectivity index (χ3n) is 1.85. The minimum Gasteiger partial charge on any atom is -0.261 e. The lowest BCUT2D eigenvalue weighted by Gasteiger charge is -2.02. The van der Waals surface area contributed by atoms with Gasteiger partial charge in [-0.3, -0.25) is 4.99 Å². The second kappa shape index (κ2) is 17.3. The standard InChI is InChI=1S/C12H19N.2C2H6/c1-6-11(7-2)9-13-12(8-3)10(4)5;2*1-2/h6,8-10H,1,3,7H2,2,4-5H3;2*1-2H3/b11-9+,13-12?;;. The van der Waals surface area contributed by atoms with Gasteiger partial charge in [-0.2, -0.15) is 0 Å². The van der Waals surface area contributed by atoms with E-state index in [-0.39, 0.29) is 0 Å². The molecule has 0 aliphatic rings. The summed E-state index contributed by atoms with van der Waals surface area (Å²) in [6.07, 6.45) is 6.47. The monoisotopic (exact) mass is 237 g/mol. The maximum absolute atomic E-state index is 4.35. The van der Waals surface area contributed by atoms with Crippen LogP contribution in [0.25, 0.3) is 0 Å². The van der Waals surface area contributed by atoms with Gasteiger partial charge in [0.15, 0.2) is 0 Å². The fourth-order valence-corrected chi connectivity index (χ4v) is 0.883. The van der Waals surface area contributed by atoms with Crippen LogP contribution in [0.2, 0.25) is 0 Å². The molecule has 0 N–H and O–H groups in total. The fraction of sp³-hybridized carbons (Fsp3) is 0.562. The van der Waals surface area contributed by atoms with Crippen molar-refractivity contribution in [2.75, 3.05) is 0 Å². The molecule has 0 spiro atoms. The van der Waals surface area contributed by atoms with Crippen molar-refractivity contribution >= 4 is 5.71 Å². The molecule has 0 saturated heterocycles. The van der Waals surface area contributed by atoms with Crippen LogP contribution >= 0.6 is 0 Å². The fourth-order valence-electron chi connectivity index (χ4n) is 0.883. The van der Waals surface area contributed by atoms with Gasteiger partial charge in [0.1, 0.15) is 0 Å². The van der Waals surface area contributed by atoms with Gasteiger partial charge < -0.3 is 0 Å². The quantitative estimate of drug-likeness (QED) is 0.423. The summed E-state index contributed by atoms with van der Waals surface area (Å²) in [7, 11) is 0. The first-order chi connectivity index (χ1) is 8.15. The zero-order chi connectivity index (χ0) is 14.3. The van der Waals surface area contributed by atoms with E-state index in [1.54, 1.807) is 6.08 Å². The number of hydrogen-bond acceptors (Lipinski definition) is 1. The average Bonchev–Trinajstić information content (AvgIpc) is 2.39. The molecule has 17 heavy (non-hydrogen) atoms. The van der Waals surface area contributed by atoms with Crippen molar-refractivity contribution in [3.8, 4) is 0 Å². The first kappa shape index (κ1) is 21.2. The molecule has 1 heteroatoms. The number of nitrogens with zero attached hydrogens (tertiary/aromatic N) is 1. The smallest absolute Gasteiger partial charge is 0.0423 e. The molecule has 0 fully saturated rings. The second-order valence-corrected chi connectivity index (χ2v) is 3.17. The summed E-state index contributed by atoms with van der Waals surface area (Å²) in [5.41, 5.74) is 2.17. The Kier molecular flexibility index (Phi) is 21.6. The Balaban J connectivity index is -0.000000439. The second-order valence-electron chi connectivity index (χ2n) is 3.17. The SMILES string of the molecule is C=CC(=N/C=C(\C=C)CC)C(C)C.CC.CC. The predicted molar refractivity (Wildman–Crippen MR) is 83.7 cm³/mol. The van der Waals surface area contributed by atoms with Crippen molar-refractivity contribution in [3.05, 3.63) is 37.1 Å². The largest absolute Gasteiger partial charge is 0.261 e. The molecule has 0 aliphatic carbocycles. The van der Waals surface area contributed by atoms with E-state index in [4.69, 9.17) is 0 Å². The summed E-state index contributed by atoms with van der Waals surface area (Å²) in [4.78, 5) is 4.35. The molecule has 0 amide bonds. The maximum Gasteiger partial charge on any atom is 0.0423 e. The van der Waals surface area contributed by atoms with Crippen molar-refractivity contribution in [1.29, 1.82) is 0 Å². The lowest BCUT2D eigenvalue weighted by molar-refractivity contribution is 0.888. The van der Waals surface area contributed by atoms with Crippen molar-refractivity contribution in [2.24, 2.45) is 10.9 Å². The molecule has 100 valence electrons. The molecule has 0 aliphatic heterocycles. The highest BCUT2D eigenvalue weighted by molar-refractivity contribution is 5.96. The Morgan fingerprint density at radius 3 is 1.76 bits per heavy atom. The van der Waals surface area contributed by atoms with Crippen LogP contribution in [0.3, 0.4) is 0 Å². The number of aliphatic imine (C=N–C) groups is 1. The molecule has 1 nitrogen and oxygen atoms in total. The first-order valence-electron chi connectivity index (χ1n) is 6.67. The third kappa shape index (κ3) is 12.8. The van der Waals surface area contributed by atoms with Crippen molar-refractivity contribution in [1.82, 2.24) is 0 Å². The molecular formula is C16H31N. The van der Waals surface area contributed by atoms with Gasteiger partial charge in [0.2, 0.25) is 0 Å². The highest BCUT2D eigenvalue weighted by Crippen LogP contribution is 2.04. The van der Waals surface area contributed by atoms with Crippen molar-refractivity contribution in [2.45, 2.75) is 54.9 Å². The number of allylic oxidation sites excluding steroid dienone is 3. The van der Waals surface area contributed by atoms with Gasteiger partial charge in [-0.25, -0.2) is 0 Å². The third-order valence-corrected chi connectivity index (χ3v) is 1.85. The highest BCUT2D eigenvalue weighted by Gasteiger charge is 1.97. The topological polar surface area (TPSA) is 12.4 Å². The van der Waals surface area contributed by atoms with Crippen LogP contribution in [0, 0.1) is 5.92 Å². The zero-order valence-corrected chi connectivity index (χ0v) is 12.9. The van der Waals surface area contributed by atoms with Gasteiger partial charge in [-0.15, -0.1) is 0 Å². The van der Waals surface area contributed by atoms with Gasteiger partial charge in [-0.1, -0.05) is 67.7 Å². The van der Waals surface area contributed by atoms with Crippen LogP contribution in [0.1, 0.15) is 54.9 Å². The van der Waals surface area contributed by atoms with E-state index in [1.807, 2.05) is 40.0 Å². The van der Waals surface area contributed by atoms with E-state index >= 15 is 0 Å². The molecule has 0 saturated carbocycles. The molecule has 0 aromatic heterocycles. The van der Waals surface area contributed by atoms with Crippen LogP contribution in [0.4, 0.5) is 0 Å². The van der Waals surface area contributed by atoms with Crippen LogP contribution in [0.5, 0.6) is 0 Å². The van der Waals surface area contributed by atoms with Gasteiger partial charge in [-0.05, 0) is 24.0 Å². The van der Waals surface area contributed by atoms with E-state index in [9.17, 15) is 0 Å². The van der Waals surface area contributed by atoms with Gasteiger partial charge in [0.05, 0.1) is 0 Å². The zero-order valence-electron chi connectivity index (χ0n) is 12.9. The van der Waals surface area contributed by atoms with Crippen LogP contribution in [-0.2, 0) is 0 Å². The van der Waals surface area contributed by atoms with E-state index < -0.39 is 0 Å². The lowest BCUT2D eigenvalue weighted by Crippen LogP contribution is -2.02. The Morgan fingerprint density at radius 1 is 1.06 bits per heavy atom. The normalized spacial score (nSPS) is 10.8. The maximum atomic E-state index is 4.35. The van der Waals surface area contributed by atoms with Crippen LogP contribution in [-0.4, -0.2) is 5.71 Å². The summed E-state index contributed by atoms with van der Waals surface area (Å²) in [6, 6.07) is 0. The number of rotatable bonds is 5. The molecule has 0 atom stereocenters. The summed E-state index contributed by atoms with van der Waals surface area (Å²) in [5.74, 6) is 0.427. The Morgan fingerprint density at radius 2 is 1.53 bits per heavy atom. The van der Waals surface area contributed by atoms with Gasteiger partial charge in [0.25, 0.3) is 0 Å². The van der Waals surface area contributed by atoms with Crippen LogP contribution < -0.4 is 0 Å². The molecular weight excluding hydrogens is 206 g/mol. The molecule has 0 aromatic carbocycles. The van der Waals surface area contributed by atoms with E-state index in [2.05, 4.69) is 38.9 Å².